The van der Waals surface area contributed by atoms with Gasteiger partial charge in [-0.05, 0) is 53.6 Å². The van der Waals surface area contributed by atoms with Crippen LogP contribution < -0.4 is 10.0 Å². The predicted octanol–water partition coefficient (Wildman–Crippen LogP) is 3.99. The smallest absolute Gasteiger partial charge is 0.251 e. The number of benzene rings is 2. The molecule has 0 atom stereocenters. The van der Waals surface area contributed by atoms with Crippen molar-refractivity contribution in [3.05, 3.63) is 65.2 Å². The van der Waals surface area contributed by atoms with Gasteiger partial charge in [0.25, 0.3) is 5.91 Å². The third-order valence-electron chi connectivity index (χ3n) is 6.30. The standard InChI is InChI=1S/C27H37N3O4S/c1-27(2,3)23-12-14-24(15-13-23)35(33,34)29-20-21-8-10-22(11-9-21)26(32)28-17-16-25(31)30-18-6-4-5-7-19-30/h8-15,29H,4-7,16-20H2,1-3H3,(H,28,32). The molecule has 1 heterocycles. The van der Waals surface area contributed by atoms with Gasteiger partial charge in [0.05, 0.1) is 4.90 Å². The van der Waals surface area contributed by atoms with Crippen LogP contribution in [0.5, 0.6) is 0 Å². The Hall–Kier alpha value is -2.71. The molecule has 0 saturated carbocycles. The topological polar surface area (TPSA) is 95.6 Å². The minimum Gasteiger partial charge on any atom is -0.352 e. The lowest BCUT2D eigenvalue weighted by molar-refractivity contribution is -0.131. The van der Waals surface area contributed by atoms with E-state index in [0.29, 0.717) is 18.5 Å². The Bertz CT molecular complexity index is 1100. The lowest BCUT2D eigenvalue weighted by atomic mass is 9.87. The van der Waals surface area contributed by atoms with Crippen LogP contribution in [-0.4, -0.2) is 44.8 Å². The van der Waals surface area contributed by atoms with Gasteiger partial charge in [0.2, 0.25) is 15.9 Å². The van der Waals surface area contributed by atoms with E-state index >= 15 is 0 Å². The molecule has 2 aromatic carbocycles. The Labute approximate surface area is 209 Å². The molecule has 1 aliphatic heterocycles. The SMILES string of the molecule is CC(C)(C)c1ccc(S(=O)(=O)NCc2ccc(C(=O)NCCC(=O)N3CCCCCC3)cc2)cc1. The van der Waals surface area contributed by atoms with Gasteiger partial charge in [-0.2, -0.15) is 0 Å². The second-order valence-corrected chi connectivity index (χ2v) is 11.9. The number of nitrogens with one attached hydrogen (secondary N) is 2. The van der Waals surface area contributed by atoms with Crippen LogP contribution in [0.1, 0.15) is 74.4 Å². The molecule has 0 aromatic heterocycles. The molecule has 0 unspecified atom stereocenters. The zero-order chi connectivity index (χ0) is 25.5. The summed E-state index contributed by atoms with van der Waals surface area (Å²) in [6.45, 7) is 8.26. The summed E-state index contributed by atoms with van der Waals surface area (Å²) in [5, 5.41) is 2.80. The van der Waals surface area contributed by atoms with Gasteiger partial charge in [0.1, 0.15) is 0 Å². The van der Waals surface area contributed by atoms with Crippen LogP contribution in [0.25, 0.3) is 0 Å². The van der Waals surface area contributed by atoms with Gasteiger partial charge in [-0.15, -0.1) is 0 Å². The van der Waals surface area contributed by atoms with Crippen LogP contribution in [-0.2, 0) is 26.8 Å². The molecule has 2 amide bonds. The largest absolute Gasteiger partial charge is 0.352 e. The Morgan fingerprint density at radius 2 is 1.49 bits per heavy atom. The van der Waals surface area contributed by atoms with Crippen LogP contribution in [0, 0.1) is 0 Å². The quantitative estimate of drug-likeness (QED) is 0.574. The lowest BCUT2D eigenvalue weighted by Gasteiger charge is -2.20. The zero-order valence-corrected chi connectivity index (χ0v) is 21.8. The first kappa shape index (κ1) is 26.9. The van der Waals surface area contributed by atoms with Crippen molar-refractivity contribution in [1.29, 1.82) is 0 Å². The average molecular weight is 500 g/mol. The van der Waals surface area contributed by atoms with Crippen LogP contribution in [0.15, 0.2) is 53.4 Å². The van der Waals surface area contributed by atoms with E-state index in [-0.39, 0.29) is 28.7 Å². The Morgan fingerprint density at radius 3 is 2.06 bits per heavy atom. The zero-order valence-electron chi connectivity index (χ0n) is 21.0. The molecular weight excluding hydrogens is 462 g/mol. The first-order valence-electron chi connectivity index (χ1n) is 12.3. The van der Waals surface area contributed by atoms with Crippen molar-refractivity contribution in [1.82, 2.24) is 14.9 Å². The maximum atomic E-state index is 12.6. The van der Waals surface area contributed by atoms with Crippen LogP contribution in [0.4, 0.5) is 0 Å². The highest BCUT2D eigenvalue weighted by Gasteiger charge is 2.18. The second kappa shape index (κ2) is 11.8. The summed E-state index contributed by atoms with van der Waals surface area (Å²) in [5.74, 6) is -0.164. The number of rotatable bonds is 8. The highest BCUT2D eigenvalue weighted by atomic mass is 32.2. The highest BCUT2D eigenvalue weighted by Crippen LogP contribution is 2.23. The van der Waals surface area contributed by atoms with Crippen molar-refractivity contribution in [3.8, 4) is 0 Å². The van der Waals surface area contributed by atoms with Gasteiger partial charge < -0.3 is 10.2 Å². The maximum Gasteiger partial charge on any atom is 0.251 e. The summed E-state index contributed by atoms with van der Waals surface area (Å²) in [6, 6.07) is 13.7. The molecule has 8 heteroatoms. The molecule has 7 nitrogen and oxygen atoms in total. The molecule has 1 saturated heterocycles. The van der Waals surface area contributed by atoms with Gasteiger partial charge >= 0.3 is 0 Å². The van der Waals surface area contributed by atoms with Crippen LogP contribution in [0.3, 0.4) is 0 Å². The fourth-order valence-corrected chi connectivity index (χ4v) is 5.05. The molecule has 2 aromatic rings. The normalized spacial score (nSPS) is 14.9. The van der Waals surface area contributed by atoms with Gasteiger partial charge in [-0.3, -0.25) is 9.59 Å². The summed E-state index contributed by atoms with van der Waals surface area (Å²) < 4.78 is 27.9. The molecule has 0 aliphatic carbocycles. The molecule has 3 rings (SSSR count). The summed E-state index contributed by atoms with van der Waals surface area (Å²) >= 11 is 0. The van der Waals surface area contributed by atoms with Crippen molar-refractivity contribution >= 4 is 21.8 Å². The molecule has 1 fully saturated rings. The molecule has 190 valence electrons. The fraction of sp³-hybridized carbons (Fsp3) is 0.481. The molecule has 0 bridgehead atoms. The fourth-order valence-electron chi connectivity index (χ4n) is 4.03. The second-order valence-electron chi connectivity index (χ2n) is 10.1. The minimum atomic E-state index is -3.64. The van der Waals surface area contributed by atoms with E-state index in [2.05, 4.69) is 30.8 Å². The Balaban J connectivity index is 1.47. The number of hydrogen-bond donors (Lipinski definition) is 2. The van der Waals surface area contributed by atoms with E-state index in [1.165, 1.54) is 12.8 Å². The van der Waals surface area contributed by atoms with E-state index in [1.807, 2.05) is 17.0 Å². The highest BCUT2D eigenvalue weighted by molar-refractivity contribution is 7.89. The number of amides is 2. The monoisotopic (exact) mass is 499 g/mol. The van der Waals surface area contributed by atoms with E-state index in [4.69, 9.17) is 0 Å². The number of likely N-dealkylation sites (tertiary alicyclic amines) is 1. The molecule has 1 aliphatic rings. The maximum absolute atomic E-state index is 12.6. The first-order chi connectivity index (χ1) is 16.6. The first-order valence-corrected chi connectivity index (χ1v) is 13.8. The number of carbonyl (C=O) groups is 2. The van der Waals surface area contributed by atoms with E-state index in [0.717, 1.165) is 37.1 Å². The van der Waals surface area contributed by atoms with E-state index in [9.17, 15) is 18.0 Å². The third kappa shape index (κ3) is 7.90. The number of sulfonamides is 1. The van der Waals surface area contributed by atoms with Crippen molar-refractivity contribution in [3.63, 3.8) is 0 Å². The van der Waals surface area contributed by atoms with Crippen molar-refractivity contribution in [2.45, 2.75) is 69.7 Å². The van der Waals surface area contributed by atoms with Gasteiger partial charge in [-0.1, -0.05) is 57.9 Å². The molecule has 0 spiro atoms. The summed E-state index contributed by atoms with van der Waals surface area (Å²) in [4.78, 5) is 26.9. The predicted molar refractivity (Wildman–Crippen MR) is 138 cm³/mol. The molecule has 35 heavy (non-hydrogen) atoms. The molecular formula is C27H37N3O4S. The van der Waals surface area contributed by atoms with Crippen molar-refractivity contribution < 1.29 is 18.0 Å². The van der Waals surface area contributed by atoms with E-state index in [1.54, 1.807) is 36.4 Å². The lowest BCUT2D eigenvalue weighted by Crippen LogP contribution is -2.35. The van der Waals surface area contributed by atoms with Crippen molar-refractivity contribution in [2.75, 3.05) is 19.6 Å². The van der Waals surface area contributed by atoms with Gasteiger partial charge in [-0.25, -0.2) is 13.1 Å². The van der Waals surface area contributed by atoms with Gasteiger partial charge in [0.15, 0.2) is 0 Å². The Kier molecular flexibility index (Phi) is 9.08. The molecule has 0 radical (unpaired) electrons. The third-order valence-corrected chi connectivity index (χ3v) is 7.71. The number of hydrogen-bond acceptors (Lipinski definition) is 4. The molecule has 2 N–H and O–H groups in total. The Morgan fingerprint density at radius 1 is 0.886 bits per heavy atom. The van der Waals surface area contributed by atoms with Crippen molar-refractivity contribution in [2.24, 2.45) is 0 Å². The van der Waals surface area contributed by atoms with Crippen LogP contribution >= 0.6 is 0 Å². The average Bonchev–Trinajstić information content (AvgIpc) is 3.12. The summed E-state index contributed by atoms with van der Waals surface area (Å²) in [6.07, 6.45) is 4.72. The minimum absolute atomic E-state index is 0.0496. The number of nitrogens with zero attached hydrogens (tertiary/aromatic N) is 1. The van der Waals surface area contributed by atoms with Crippen LogP contribution in [0.2, 0.25) is 0 Å². The number of carbonyl (C=O) groups excluding carboxylic acids is 2. The summed E-state index contributed by atoms with van der Waals surface area (Å²) in [5.41, 5.74) is 2.23. The summed E-state index contributed by atoms with van der Waals surface area (Å²) in [7, 11) is -3.64. The van der Waals surface area contributed by atoms with E-state index < -0.39 is 10.0 Å². The van der Waals surface area contributed by atoms with Gasteiger partial charge in [0, 0.05) is 38.2 Å².